The molecule has 9 heterocycles. The van der Waals surface area contributed by atoms with Crippen molar-refractivity contribution in [2.24, 2.45) is 0 Å². The number of aliphatic hydroxyl groups is 27. The number of carboxylic acid groups (broad SMARTS) is 1. The summed E-state index contributed by atoms with van der Waals surface area (Å²) >= 11 is 0. The van der Waals surface area contributed by atoms with Crippen LogP contribution in [0.15, 0.2) is 0 Å². The number of carbonyl (C=O) groups excluding carboxylic acids is 6. The molecule has 0 bridgehead atoms. The van der Waals surface area contributed by atoms with E-state index in [1.165, 1.54) is 6.92 Å². The first-order chi connectivity index (χ1) is 63.1. The molecule has 34 N–H and O–H groups in total. The minimum absolute atomic E-state index is 0.847. The van der Waals surface area contributed by atoms with E-state index in [2.05, 4.69) is 31.9 Å². The molecule has 774 valence electrons. The largest absolute Gasteiger partial charge is 0.477 e. The van der Waals surface area contributed by atoms with E-state index in [1.807, 2.05) is 0 Å². The minimum atomic E-state index is -3.19. The second kappa shape index (κ2) is 49.3. The predicted octanol–water partition coefficient (Wildman–Crippen LogP) is -22.1. The van der Waals surface area contributed by atoms with Crippen molar-refractivity contribution in [2.75, 3.05) is 66.1 Å². The Hall–Kier alpha value is -5.51. The van der Waals surface area contributed by atoms with Gasteiger partial charge in [-0.05, 0) is 6.92 Å². The lowest BCUT2D eigenvalue weighted by Gasteiger charge is -2.52. The van der Waals surface area contributed by atoms with Gasteiger partial charge in [0.15, 0.2) is 50.3 Å². The van der Waals surface area contributed by atoms with Crippen LogP contribution in [0.2, 0.25) is 0 Å². The van der Waals surface area contributed by atoms with Crippen LogP contribution in [0, 0.1) is 0 Å². The van der Waals surface area contributed by atoms with Gasteiger partial charge in [0.1, 0.15) is 226 Å². The highest BCUT2D eigenvalue weighted by Crippen LogP contribution is 2.42. The topological polar surface area (TPSA) is 924 Å². The Labute approximate surface area is 759 Å². The summed E-state index contributed by atoms with van der Waals surface area (Å²) in [5.74, 6) is -11.2. The Kier molecular flexibility index (Phi) is 41.2. The summed E-state index contributed by atoms with van der Waals surface area (Å²) in [4.78, 5) is 90.6. The van der Waals surface area contributed by atoms with E-state index in [4.69, 9.17) is 85.3 Å². The van der Waals surface area contributed by atoms with Crippen LogP contribution in [-0.4, -0.2) is 556 Å². The molecule has 9 rings (SSSR count). The molecule has 0 spiro atoms. The fourth-order valence-corrected chi connectivity index (χ4v) is 16.9. The lowest BCUT2D eigenvalue weighted by atomic mass is 9.88. The monoisotopic (exact) mass is 1960 g/mol. The third-order valence-electron chi connectivity index (χ3n) is 23.9. The molecule has 50 atom stereocenters. The fourth-order valence-electron chi connectivity index (χ4n) is 16.9. The quantitative estimate of drug-likeness (QED) is 0.0271. The number of nitrogens with one attached hydrogen (secondary N) is 6. The SMILES string of the molecule is CC(=O)N[C@H]1[C@H](OC[C@H]2O[C@@H](O[C@H]3[C@H](O)[C@@H](NC(C)=O)[C@H](O[C@@H]([C@@H](O)[C@H](O)CO[C@]4(C(=O)O)C[C@H](O)[C@@H](NC(C)=O)[C@H]([C@H](O)[C@H](O)CO)O4)[C@H](CO)NC(C)=O)O[C@@H]3CO)[C@H](O)[C@@H](O[C@@H]3O[C@H](CO)[C@@H](O[C@@H]4O[C@H](CO)[C@H](O)[C@H](O[C@H]5O[C@H](CO)[C@H](O)[C@H](O)[C@H]5NC(C)=O)[C@H]4O[C@@H]4O[C@@H](C)[C@@H](O)[C@@H](O)[C@@H]4O)[C@H](O)[C@H]3NC(C)=O)[C@H]2O)O[C@H](CO)[C@@H](O[C@@H]2O[C@H](CO)[C@H](O)[C@H](O)[C@H]2O)[C@@H]1O. The molecule has 59 heteroatoms. The summed E-state index contributed by atoms with van der Waals surface area (Å²) in [5.41, 5.74) is 0. The molecule has 134 heavy (non-hydrogen) atoms. The van der Waals surface area contributed by atoms with E-state index >= 15 is 0 Å². The van der Waals surface area contributed by atoms with Gasteiger partial charge in [-0.2, -0.15) is 0 Å². The zero-order chi connectivity index (χ0) is 99.6. The minimum Gasteiger partial charge on any atom is -0.477 e. The van der Waals surface area contributed by atoms with Crippen molar-refractivity contribution >= 4 is 41.4 Å². The molecular formula is C75H126N6O53. The highest BCUT2D eigenvalue weighted by molar-refractivity contribution is 5.77. The number of aliphatic carboxylic acids is 1. The summed E-state index contributed by atoms with van der Waals surface area (Å²) in [6.07, 6.45) is -94.3. The van der Waals surface area contributed by atoms with Gasteiger partial charge < -0.3 is 260 Å². The standard InChI is InChI=1S/C75H126N6O53/c1-19-42(99)53(110)55(112)70(119-19)133-65-64(132-67-38(78-22(4)92)49(106)45(102)30(11-84)120-67)47(104)32(13-86)122-73(65)130-61-35(16-89)125-69(41(52(61)109)81-25(7)95)131-63-48(105)36(18-117-66-39(79-23(5)93)50(107)59(33(14-87)123-66)128-71-56(113)54(111)46(103)31(12-85)121-71)126-72(57(63)114)129-60-34(15-88)124-68(40(51(60)108)80-24(6)94)127-58(26(9-82)76-20(2)90)44(101)29(98)17-118-75(74(115)116)8-27(96)37(77-21(3)91)62(134-75)43(100)28(97)10-83/h19,26-73,82-89,96-114H,8-18H2,1-7H3,(H,76,90)(H,77,91)(H,78,92)(H,79,93)(H,80,94)(H,81,95)(H,115,116)/t19-,26-,27-,28+,29+,30+,31+,32+,33+,34+,35+,36+,37+,38+,39+,40+,41+,42+,43+,44-,45-,46-,47-,48-,49+,50+,51+,52+,53+,54-,55-,56+,57+,58+,59+,60+,61+,62+,63-,64-,65+,66+,67+,68-,69-,70-,71-,72-,73-,75+/m0/s1. The maximum absolute atomic E-state index is 13.5. The highest BCUT2D eigenvalue weighted by Gasteiger charge is 2.63. The summed E-state index contributed by atoms with van der Waals surface area (Å²) in [7, 11) is 0. The zero-order valence-electron chi connectivity index (χ0n) is 72.8. The molecule has 0 unspecified atom stereocenters. The molecule has 0 aromatic heterocycles. The average Bonchev–Trinajstić information content (AvgIpc) is 0.764. The van der Waals surface area contributed by atoms with E-state index < -0.39 is 420 Å². The second-order valence-electron chi connectivity index (χ2n) is 33.7. The van der Waals surface area contributed by atoms with Crippen LogP contribution < -0.4 is 31.9 Å². The molecule has 0 aliphatic carbocycles. The van der Waals surface area contributed by atoms with Crippen molar-refractivity contribution in [1.29, 1.82) is 0 Å². The highest BCUT2D eigenvalue weighted by atomic mass is 16.8. The van der Waals surface area contributed by atoms with Gasteiger partial charge in [-0.3, -0.25) is 28.8 Å². The predicted molar refractivity (Wildman–Crippen MR) is 417 cm³/mol. The zero-order valence-corrected chi connectivity index (χ0v) is 72.8. The number of carboxylic acids is 1. The third-order valence-corrected chi connectivity index (χ3v) is 23.9. The smallest absolute Gasteiger partial charge is 0.364 e. The third kappa shape index (κ3) is 25.9. The summed E-state index contributed by atoms with van der Waals surface area (Å²) in [6, 6.07) is -11.7. The lowest BCUT2D eigenvalue weighted by molar-refractivity contribution is -0.402. The average molecular weight is 1960 g/mol. The van der Waals surface area contributed by atoms with Gasteiger partial charge in [0.2, 0.25) is 35.4 Å². The van der Waals surface area contributed by atoms with Gasteiger partial charge >= 0.3 is 5.97 Å². The van der Waals surface area contributed by atoms with Crippen LogP contribution >= 0.6 is 0 Å². The summed E-state index contributed by atoms with van der Waals surface area (Å²) in [5, 5.41) is 328. The van der Waals surface area contributed by atoms with E-state index in [9.17, 15) is 177 Å². The van der Waals surface area contributed by atoms with Gasteiger partial charge in [0.25, 0.3) is 5.79 Å². The van der Waals surface area contributed by atoms with Gasteiger partial charge in [-0.25, -0.2) is 4.79 Å². The first-order valence-corrected chi connectivity index (χ1v) is 42.5. The van der Waals surface area contributed by atoms with Crippen molar-refractivity contribution in [1.82, 2.24) is 31.9 Å². The number of hydrogen-bond acceptors (Lipinski definition) is 52. The van der Waals surface area contributed by atoms with Crippen molar-refractivity contribution in [2.45, 2.75) is 361 Å². The Morgan fingerprint density at radius 2 is 0.731 bits per heavy atom. The maximum atomic E-state index is 13.5. The van der Waals surface area contributed by atoms with Crippen LogP contribution in [0.5, 0.6) is 0 Å². The molecule has 0 aromatic rings. The number of hydrogen-bond donors (Lipinski definition) is 34. The van der Waals surface area contributed by atoms with E-state index in [0.29, 0.717) is 0 Å². The van der Waals surface area contributed by atoms with Crippen molar-refractivity contribution in [3.8, 4) is 0 Å². The van der Waals surface area contributed by atoms with Gasteiger partial charge in [-0.15, -0.1) is 0 Å². The van der Waals surface area contributed by atoms with Crippen LogP contribution in [0.3, 0.4) is 0 Å². The molecule has 0 aromatic carbocycles. The Balaban J connectivity index is 1.07. The van der Waals surface area contributed by atoms with Crippen LogP contribution in [0.1, 0.15) is 54.9 Å². The van der Waals surface area contributed by atoms with Crippen molar-refractivity contribution in [3.63, 3.8) is 0 Å². The summed E-state index contributed by atoms with van der Waals surface area (Å²) in [6.45, 7) is -5.50. The molecule has 6 amide bonds. The number of rotatable bonds is 40. The van der Waals surface area contributed by atoms with Gasteiger partial charge in [-0.1, -0.05) is 0 Å². The number of carbonyl (C=O) groups is 7. The molecule has 9 fully saturated rings. The number of ether oxygens (including phenoxy) is 18. The Morgan fingerprint density at radius 3 is 1.21 bits per heavy atom. The molecule has 0 radical (unpaired) electrons. The molecule has 59 nitrogen and oxygen atoms in total. The fraction of sp³-hybridized carbons (Fsp3) is 0.907. The van der Waals surface area contributed by atoms with Crippen LogP contribution in [0.4, 0.5) is 0 Å². The normalized spacial score (nSPS) is 44.2. The number of aliphatic hydroxyl groups excluding tert-OH is 27. The molecule has 0 saturated carbocycles. The van der Waals surface area contributed by atoms with Gasteiger partial charge in [0.05, 0.1) is 90.4 Å². The van der Waals surface area contributed by atoms with Crippen LogP contribution in [0.25, 0.3) is 0 Å². The summed E-state index contributed by atoms with van der Waals surface area (Å²) < 4.78 is 108. The van der Waals surface area contributed by atoms with Crippen molar-refractivity contribution in [3.05, 3.63) is 0 Å². The Morgan fingerprint density at radius 1 is 0.358 bits per heavy atom. The molecular weight excluding hydrogens is 1830 g/mol. The van der Waals surface area contributed by atoms with Crippen LogP contribution in [-0.2, 0) is 119 Å². The first-order valence-electron chi connectivity index (χ1n) is 42.5. The van der Waals surface area contributed by atoms with Gasteiger partial charge in [0, 0.05) is 48.0 Å². The van der Waals surface area contributed by atoms with E-state index in [1.54, 1.807) is 0 Å². The first kappa shape index (κ1) is 112. The second-order valence-corrected chi connectivity index (χ2v) is 33.7. The van der Waals surface area contributed by atoms with E-state index in [-0.39, 0.29) is 0 Å². The molecule has 9 aliphatic rings. The van der Waals surface area contributed by atoms with Crippen molar-refractivity contribution < 1.29 is 262 Å². The lowest BCUT2D eigenvalue weighted by Crippen LogP contribution is -2.71. The molecule has 9 saturated heterocycles. The number of amides is 6. The Bertz CT molecular complexity index is 3740. The molecule has 9 aliphatic heterocycles. The van der Waals surface area contributed by atoms with E-state index in [0.717, 1.165) is 41.5 Å². The maximum Gasteiger partial charge on any atom is 0.364 e.